The van der Waals surface area contributed by atoms with Crippen molar-refractivity contribution < 1.29 is 9.47 Å². The maximum atomic E-state index is 5.59. The first-order chi connectivity index (χ1) is 8.34. The van der Waals surface area contributed by atoms with Crippen molar-refractivity contribution in [1.82, 2.24) is 0 Å². The van der Waals surface area contributed by atoms with Gasteiger partial charge in [-0.1, -0.05) is 24.3 Å². The largest absolute Gasteiger partial charge is 0.352 e. The second kappa shape index (κ2) is 4.61. The molecular weight excluding hydrogens is 232 g/mol. The second-order valence-electron chi connectivity index (χ2n) is 4.14. The lowest BCUT2D eigenvalue weighted by atomic mass is 10.0. The van der Waals surface area contributed by atoms with Crippen LogP contribution in [0.4, 0.5) is 0 Å². The van der Waals surface area contributed by atoms with Gasteiger partial charge in [0.1, 0.15) is 12.9 Å². The Bertz CT molecular complexity index is 512. The van der Waals surface area contributed by atoms with E-state index in [1.807, 2.05) is 11.3 Å². The molecule has 1 atom stereocenters. The number of thiophene rings is 1. The topological polar surface area (TPSA) is 18.5 Å². The van der Waals surface area contributed by atoms with Gasteiger partial charge < -0.3 is 9.47 Å². The Labute approximate surface area is 105 Å². The van der Waals surface area contributed by atoms with Crippen molar-refractivity contribution in [3.05, 3.63) is 46.8 Å². The van der Waals surface area contributed by atoms with E-state index in [0.717, 1.165) is 0 Å². The van der Waals surface area contributed by atoms with Crippen molar-refractivity contribution in [1.29, 1.82) is 0 Å². The third kappa shape index (κ3) is 2.14. The van der Waals surface area contributed by atoms with Gasteiger partial charge in [0.15, 0.2) is 0 Å². The molecule has 17 heavy (non-hydrogen) atoms. The molecule has 0 radical (unpaired) electrons. The van der Waals surface area contributed by atoms with Crippen molar-refractivity contribution >= 4 is 11.3 Å². The van der Waals surface area contributed by atoms with Crippen molar-refractivity contribution in [3.8, 4) is 10.4 Å². The van der Waals surface area contributed by atoms with Gasteiger partial charge in [-0.25, -0.2) is 0 Å². The Morgan fingerprint density at radius 2 is 2.06 bits per heavy atom. The van der Waals surface area contributed by atoms with Gasteiger partial charge >= 0.3 is 0 Å². The molecule has 0 spiro atoms. The molecule has 2 nitrogen and oxygen atoms in total. The average molecular weight is 246 g/mol. The molecule has 2 heterocycles. The van der Waals surface area contributed by atoms with Crippen LogP contribution in [0.25, 0.3) is 10.4 Å². The number of ether oxygens (including phenoxy) is 2. The Kier molecular flexibility index (Phi) is 2.97. The molecule has 3 heteroatoms. The number of aryl methyl sites for hydroxylation is 1. The first-order valence-corrected chi connectivity index (χ1v) is 6.51. The highest BCUT2D eigenvalue weighted by atomic mass is 32.1. The highest BCUT2D eigenvalue weighted by Crippen LogP contribution is 2.35. The summed E-state index contributed by atoms with van der Waals surface area (Å²) in [7, 11) is 0. The molecule has 1 aromatic heterocycles. The van der Waals surface area contributed by atoms with Crippen molar-refractivity contribution in [2.24, 2.45) is 0 Å². The average Bonchev–Trinajstić information content (AvgIpc) is 3.00. The van der Waals surface area contributed by atoms with Gasteiger partial charge in [0.25, 0.3) is 0 Å². The molecule has 0 amide bonds. The van der Waals surface area contributed by atoms with Crippen molar-refractivity contribution in [3.63, 3.8) is 0 Å². The standard InChI is InChI=1S/C14H14O2S/c1-10-6-7-14(17-10)12-5-3-2-4-11(12)13-8-15-9-16-13/h2-7,13H,8-9H2,1H3. The van der Waals surface area contributed by atoms with Crippen LogP contribution in [0.5, 0.6) is 0 Å². The van der Waals surface area contributed by atoms with E-state index in [0.29, 0.717) is 13.4 Å². The maximum absolute atomic E-state index is 5.59. The van der Waals surface area contributed by atoms with Crippen LogP contribution in [0.2, 0.25) is 0 Å². The molecular formula is C14H14O2S. The minimum atomic E-state index is 0.0774. The van der Waals surface area contributed by atoms with E-state index in [9.17, 15) is 0 Å². The SMILES string of the molecule is Cc1ccc(-c2ccccc2C2COCO2)s1. The molecule has 1 fully saturated rings. The summed E-state index contributed by atoms with van der Waals surface area (Å²) in [5.74, 6) is 0. The van der Waals surface area contributed by atoms with Gasteiger partial charge in [0, 0.05) is 9.75 Å². The lowest BCUT2D eigenvalue weighted by molar-refractivity contribution is 0.0467. The van der Waals surface area contributed by atoms with Crippen LogP contribution in [0.3, 0.4) is 0 Å². The summed E-state index contributed by atoms with van der Waals surface area (Å²) >= 11 is 1.82. The third-order valence-corrected chi connectivity index (χ3v) is 3.97. The normalized spacial score (nSPS) is 19.7. The number of rotatable bonds is 2. The lowest BCUT2D eigenvalue weighted by Gasteiger charge is -2.12. The van der Waals surface area contributed by atoms with E-state index in [4.69, 9.17) is 9.47 Å². The van der Waals surface area contributed by atoms with Gasteiger partial charge in [0.2, 0.25) is 0 Å². The Morgan fingerprint density at radius 1 is 1.18 bits per heavy atom. The maximum Gasteiger partial charge on any atom is 0.147 e. The highest BCUT2D eigenvalue weighted by molar-refractivity contribution is 7.15. The van der Waals surface area contributed by atoms with E-state index >= 15 is 0 Å². The Balaban J connectivity index is 2.03. The molecule has 1 unspecified atom stereocenters. The quantitative estimate of drug-likeness (QED) is 0.803. The van der Waals surface area contributed by atoms with Gasteiger partial charge in [0.05, 0.1) is 6.61 Å². The van der Waals surface area contributed by atoms with Crippen molar-refractivity contribution in [2.75, 3.05) is 13.4 Å². The van der Waals surface area contributed by atoms with Crippen LogP contribution in [0.1, 0.15) is 16.5 Å². The van der Waals surface area contributed by atoms with Gasteiger partial charge in [-0.15, -0.1) is 11.3 Å². The fraction of sp³-hybridized carbons (Fsp3) is 0.286. The zero-order chi connectivity index (χ0) is 11.7. The summed E-state index contributed by atoms with van der Waals surface area (Å²) in [6.45, 7) is 3.19. The summed E-state index contributed by atoms with van der Waals surface area (Å²) in [6.07, 6.45) is 0.0774. The fourth-order valence-electron chi connectivity index (χ4n) is 2.09. The first-order valence-electron chi connectivity index (χ1n) is 5.69. The zero-order valence-corrected chi connectivity index (χ0v) is 10.5. The zero-order valence-electron chi connectivity index (χ0n) is 9.68. The Hall–Kier alpha value is -1.16. The molecule has 88 valence electrons. The molecule has 1 aliphatic heterocycles. The summed E-state index contributed by atoms with van der Waals surface area (Å²) in [6, 6.07) is 12.7. The van der Waals surface area contributed by atoms with E-state index in [1.165, 1.54) is 20.9 Å². The number of hydrogen-bond donors (Lipinski definition) is 0. The summed E-state index contributed by atoms with van der Waals surface area (Å²) in [5, 5.41) is 0. The molecule has 3 rings (SSSR count). The second-order valence-corrected chi connectivity index (χ2v) is 5.43. The van der Waals surface area contributed by atoms with Gasteiger partial charge in [-0.05, 0) is 30.2 Å². The van der Waals surface area contributed by atoms with Crippen LogP contribution >= 0.6 is 11.3 Å². The van der Waals surface area contributed by atoms with Crippen LogP contribution in [0, 0.1) is 6.92 Å². The van der Waals surface area contributed by atoms with Gasteiger partial charge in [-0.3, -0.25) is 0 Å². The summed E-state index contributed by atoms with van der Waals surface area (Å²) in [5.41, 5.74) is 2.49. The van der Waals surface area contributed by atoms with E-state index in [-0.39, 0.29) is 6.10 Å². The molecule has 0 N–H and O–H groups in total. The first kappa shape index (κ1) is 11.0. The third-order valence-electron chi connectivity index (χ3n) is 2.94. The molecule has 0 saturated carbocycles. The van der Waals surface area contributed by atoms with E-state index < -0.39 is 0 Å². The van der Waals surface area contributed by atoms with Crippen LogP contribution in [0.15, 0.2) is 36.4 Å². The smallest absolute Gasteiger partial charge is 0.147 e. The molecule has 1 aromatic carbocycles. The van der Waals surface area contributed by atoms with Crippen LogP contribution in [-0.2, 0) is 9.47 Å². The minimum absolute atomic E-state index is 0.0774. The Morgan fingerprint density at radius 3 is 2.76 bits per heavy atom. The summed E-state index contributed by atoms with van der Waals surface area (Å²) < 4.78 is 10.9. The van der Waals surface area contributed by atoms with E-state index in [1.54, 1.807) is 0 Å². The van der Waals surface area contributed by atoms with Crippen LogP contribution in [-0.4, -0.2) is 13.4 Å². The molecule has 1 aliphatic rings. The molecule has 0 bridgehead atoms. The predicted octanol–water partition coefficient (Wildman–Crippen LogP) is 3.77. The lowest BCUT2D eigenvalue weighted by Crippen LogP contribution is -2.01. The molecule has 2 aromatic rings. The molecule has 0 aliphatic carbocycles. The number of benzene rings is 1. The predicted molar refractivity (Wildman–Crippen MR) is 69.1 cm³/mol. The number of hydrogen-bond acceptors (Lipinski definition) is 3. The van der Waals surface area contributed by atoms with Gasteiger partial charge in [-0.2, -0.15) is 0 Å². The minimum Gasteiger partial charge on any atom is -0.352 e. The van der Waals surface area contributed by atoms with Crippen molar-refractivity contribution in [2.45, 2.75) is 13.0 Å². The van der Waals surface area contributed by atoms with E-state index in [2.05, 4.69) is 43.3 Å². The fourth-order valence-corrected chi connectivity index (χ4v) is 3.01. The summed E-state index contributed by atoms with van der Waals surface area (Å²) in [4.78, 5) is 2.63. The monoisotopic (exact) mass is 246 g/mol. The van der Waals surface area contributed by atoms with Crippen LogP contribution < -0.4 is 0 Å². The molecule has 1 saturated heterocycles. The highest BCUT2D eigenvalue weighted by Gasteiger charge is 2.21.